The first-order chi connectivity index (χ1) is 11.0. The van der Waals surface area contributed by atoms with Gasteiger partial charge in [0.2, 0.25) is 0 Å². The van der Waals surface area contributed by atoms with E-state index < -0.39 is 5.91 Å². The molecule has 0 aliphatic rings. The summed E-state index contributed by atoms with van der Waals surface area (Å²) in [5, 5.41) is 24.5. The Balaban J connectivity index is 2.12. The number of aryl methyl sites for hydroxylation is 1. The molecule has 2 rings (SSSR count). The van der Waals surface area contributed by atoms with Crippen LogP contribution < -0.4 is 10.6 Å². The zero-order chi connectivity index (χ0) is 16.8. The summed E-state index contributed by atoms with van der Waals surface area (Å²) in [5.41, 5.74) is 1.82. The number of halogens is 1. The maximum atomic E-state index is 12.1. The van der Waals surface area contributed by atoms with Crippen LogP contribution in [-0.4, -0.2) is 11.0 Å². The first-order valence-corrected chi connectivity index (χ1v) is 7.11. The van der Waals surface area contributed by atoms with E-state index in [0.29, 0.717) is 16.4 Å². The second-order valence-corrected chi connectivity index (χ2v) is 5.23. The minimum Gasteiger partial charge on any atom is -0.506 e. The number of hydrogen-bond acceptors (Lipinski definition) is 4. The summed E-state index contributed by atoms with van der Waals surface area (Å²) in [4.78, 5) is 12.1. The molecule has 116 valence electrons. The van der Waals surface area contributed by atoms with Crippen LogP contribution in [0.15, 0.2) is 54.2 Å². The van der Waals surface area contributed by atoms with Gasteiger partial charge in [0.15, 0.2) is 0 Å². The van der Waals surface area contributed by atoms with Crippen molar-refractivity contribution in [2.24, 2.45) is 0 Å². The van der Waals surface area contributed by atoms with Gasteiger partial charge in [-0.2, -0.15) is 5.26 Å². The summed E-state index contributed by atoms with van der Waals surface area (Å²) in [6, 6.07) is 13.4. The Kier molecular flexibility index (Phi) is 5.23. The van der Waals surface area contributed by atoms with Crippen molar-refractivity contribution in [2.45, 2.75) is 6.92 Å². The first-order valence-electron chi connectivity index (χ1n) is 6.73. The van der Waals surface area contributed by atoms with E-state index in [1.807, 2.05) is 25.1 Å². The predicted molar refractivity (Wildman–Crippen MR) is 90.2 cm³/mol. The number of nitriles is 1. The van der Waals surface area contributed by atoms with Crippen molar-refractivity contribution in [1.82, 2.24) is 0 Å². The lowest BCUT2D eigenvalue weighted by molar-refractivity contribution is -0.112. The number of nitrogens with one attached hydrogen (secondary N) is 2. The smallest absolute Gasteiger partial charge is 0.267 e. The highest BCUT2D eigenvalue weighted by molar-refractivity contribution is 6.30. The summed E-state index contributed by atoms with van der Waals surface area (Å²) in [5.74, 6) is -0.591. The molecule has 0 fully saturated rings. The average molecular weight is 328 g/mol. The molecule has 6 heteroatoms. The third-order valence-corrected chi connectivity index (χ3v) is 3.24. The van der Waals surface area contributed by atoms with Crippen molar-refractivity contribution in [2.75, 3.05) is 10.6 Å². The van der Waals surface area contributed by atoms with Gasteiger partial charge in [-0.1, -0.05) is 29.3 Å². The van der Waals surface area contributed by atoms with Crippen LogP contribution in [-0.2, 0) is 4.79 Å². The molecule has 0 heterocycles. The second kappa shape index (κ2) is 7.34. The maximum Gasteiger partial charge on any atom is 0.267 e. The van der Waals surface area contributed by atoms with Gasteiger partial charge < -0.3 is 15.7 Å². The summed E-state index contributed by atoms with van der Waals surface area (Å²) >= 11 is 5.83. The molecule has 0 spiro atoms. The Morgan fingerprint density at radius 1 is 1.26 bits per heavy atom. The molecule has 0 saturated heterocycles. The van der Waals surface area contributed by atoms with Crippen molar-refractivity contribution >= 4 is 28.9 Å². The standard InChI is InChI=1S/C17H14ClN3O2/c1-11-2-5-14(6-3-11)21-17(23)12(9-19)10-20-15-8-13(18)4-7-16(15)22/h2-8,10,20,22H,1H3,(H,21,23)/b12-10-. The Morgan fingerprint density at radius 3 is 2.61 bits per heavy atom. The molecular weight excluding hydrogens is 314 g/mol. The number of phenols is 1. The minimum atomic E-state index is -0.551. The molecule has 0 aliphatic carbocycles. The average Bonchev–Trinajstić information content (AvgIpc) is 2.53. The molecule has 0 unspecified atom stereocenters. The summed E-state index contributed by atoms with van der Waals surface area (Å²) in [6.07, 6.45) is 1.22. The molecule has 1 amide bonds. The Morgan fingerprint density at radius 2 is 1.96 bits per heavy atom. The number of amides is 1. The van der Waals surface area contributed by atoms with Crippen LogP contribution in [0.4, 0.5) is 11.4 Å². The van der Waals surface area contributed by atoms with Crippen LogP contribution in [0.1, 0.15) is 5.56 Å². The van der Waals surface area contributed by atoms with Crippen molar-refractivity contribution in [3.05, 3.63) is 64.8 Å². The zero-order valence-electron chi connectivity index (χ0n) is 12.3. The summed E-state index contributed by atoms with van der Waals surface area (Å²) < 4.78 is 0. The van der Waals surface area contributed by atoms with Crippen LogP contribution in [0.25, 0.3) is 0 Å². The fraction of sp³-hybridized carbons (Fsp3) is 0.0588. The number of rotatable bonds is 4. The maximum absolute atomic E-state index is 12.1. The molecule has 0 saturated carbocycles. The number of carbonyl (C=O) groups excluding carboxylic acids is 1. The van der Waals surface area contributed by atoms with Crippen molar-refractivity contribution in [3.8, 4) is 11.8 Å². The SMILES string of the molecule is Cc1ccc(NC(=O)/C(C#N)=C\Nc2cc(Cl)ccc2O)cc1. The van der Waals surface area contributed by atoms with E-state index >= 15 is 0 Å². The normalized spacial score (nSPS) is 10.7. The largest absolute Gasteiger partial charge is 0.506 e. The number of benzene rings is 2. The van der Waals surface area contributed by atoms with Crippen molar-refractivity contribution in [3.63, 3.8) is 0 Å². The van der Waals surface area contributed by atoms with E-state index in [2.05, 4.69) is 10.6 Å². The zero-order valence-corrected chi connectivity index (χ0v) is 13.1. The number of nitrogens with zero attached hydrogens (tertiary/aromatic N) is 1. The second-order valence-electron chi connectivity index (χ2n) is 4.80. The van der Waals surface area contributed by atoms with Gasteiger partial charge in [0.25, 0.3) is 5.91 Å². The number of hydrogen-bond donors (Lipinski definition) is 3. The topological polar surface area (TPSA) is 85.2 Å². The molecule has 2 aromatic rings. The van der Waals surface area contributed by atoms with Crippen LogP contribution in [0.2, 0.25) is 5.02 Å². The number of phenolic OH excluding ortho intramolecular Hbond substituents is 1. The van der Waals surface area contributed by atoms with Gasteiger partial charge >= 0.3 is 0 Å². The van der Waals surface area contributed by atoms with Crippen LogP contribution in [0.3, 0.4) is 0 Å². The van der Waals surface area contributed by atoms with E-state index in [1.165, 1.54) is 24.4 Å². The fourth-order valence-corrected chi connectivity index (χ4v) is 1.93. The number of anilines is 2. The van der Waals surface area contributed by atoms with Gasteiger partial charge in [0.1, 0.15) is 17.4 Å². The third kappa shape index (κ3) is 4.50. The molecule has 0 aromatic heterocycles. The van der Waals surface area contributed by atoms with E-state index in [4.69, 9.17) is 16.9 Å². The Labute approximate surface area is 138 Å². The van der Waals surface area contributed by atoms with Gasteiger partial charge in [-0.25, -0.2) is 0 Å². The lowest BCUT2D eigenvalue weighted by Gasteiger charge is -2.07. The summed E-state index contributed by atoms with van der Waals surface area (Å²) in [7, 11) is 0. The molecule has 0 aliphatic heterocycles. The highest BCUT2D eigenvalue weighted by atomic mass is 35.5. The molecule has 0 radical (unpaired) electrons. The molecular formula is C17H14ClN3O2. The van der Waals surface area contributed by atoms with Crippen molar-refractivity contribution in [1.29, 1.82) is 5.26 Å². The van der Waals surface area contributed by atoms with Crippen LogP contribution in [0, 0.1) is 18.3 Å². The predicted octanol–water partition coefficient (Wildman–Crippen LogP) is 3.81. The molecule has 2 aromatic carbocycles. The van der Waals surface area contributed by atoms with E-state index in [0.717, 1.165) is 5.56 Å². The molecule has 23 heavy (non-hydrogen) atoms. The van der Waals surface area contributed by atoms with Crippen molar-refractivity contribution < 1.29 is 9.90 Å². The molecule has 5 nitrogen and oxygen atoms in total. The van der Waals surface area contributed by atoms with E-state index in [-0.39, 0.29) is 11.3 Å². The molecule has 0 bridgehead atoms. The fourth-order valence-electron chi connectivity index (χ4n) is 1.76. The lowest BCUT2D eigenvalue weighted by Crippen LogP contribution is -2.14. The monoisotopic (exact) mass is 327 g/mol. The van der Waals surface area contributed by atoms with Gasteiger partial charge in [-0.05, 0) is 37.3 Å². The van der Waals surface area contributed by atoms with Crippen LogP contribution in [0.5, 0.6) is 5.75 Å². The number of aromatic hydroxyl groups is 1. The van der Waals surface area contributed by atoms with Crippen LogP contribution >= 0.6 is 11.6 Å². The Bertz CT molecular complexity index is 792. The molecule has 3 N–H and O–H groups in total. The van der Waals surface area contributed by atoms with Gasteiger partial charge in [-0.3, -0.25) is 4.79 Å². The van der Waals surface area contributed by atoms with Gasteiger partial charge in [-0.15, -0.1) is 0 Å². The quantitative estimate of drug-likeness (QED) is 0.453. The van der Waals surface area contributed by atoms with Gasteiger partial charge in [0, 0.05) is 16.9 Å². The van der Waals surface area contributed by atoms with E-state index in [9.17, 15) is 9.90 Å². The number of carbonyl (C=O) groups is 1. The summed E-state index contributed by atoms with van der Waals surface area (Å²) in [6.45, 7) is 1.94. The lowest BCUT2D eigenvalue weighted by atomic mass is 10.2. The molecule has 0 atom stereocenters. The minimum absolute atomic E-state index is 0.0399. The highest BCUT2D eigenvalue weighted by Gasteiger charge is 2.10. The third-order valence-electron chi connectivity index (χ3n) is 3.01. The highest BCUT2D eigenvalue weighted by Crippen LogP contribution is 2.26. The van der Waals surface area contributed by atoms with Gasteiger partial charge in [0.05, 0.1) is 5.69 Å². The first kappa shape index (κ1) is 16.4. The Hall–Kier alpha value is -2.97. The van der Waals surface area contributed by atoms with E-state index in [1.54, 1.807) is 12.1 Å².